The van der Waals surface area contributed by atoms with Crippen molar-refractivity contribution in [3.8, 4) is 0 Å². The number of nitrogens with zero attached hydrogens (tertiary/aromatic N) is 1. The van der Waals surface area contributed by atoms with Crippen LogP contribution in [0.25, 0.3) is 0 Å². The van der Waals surface area contributed by atoms with Crippen molar-refractivity contribution in [2.24, 2.45) is 0 Å². The molecule has 21 heavy (non-hydrogen) atoms. The topological polar surface area (TPSA) is 41.6 Å². The van der Waals surface area contributed by atoms with Gasteiger partial charge in [-0.15, -0.1) is 0 Å². The van der Waals surface area contributed by atoms with Gasteiger partial charge in [0, 0.05) is 25.7 Å². The highest BCUT2D eigenvalue weighted by Gasteiger charge is 2.24. The predicted octanol–water partition coefficient (Wildman–Crippen LogP) is 3.42. The molecule has 1 aromatic carbocycles. The van der Waals surface area contributed by atoms with Gasteiger partial charge < -0.3 is 15.0 Å². The molecule has 0 spiro atoms. The van der Waals surface area contributed by atoms with Gasteiger partial charge in [-0.3, -0.25) is 0 Å². The van der Waals surface area contributed by atoms with Crippen LogP contribution in [0.15, 0.2) is 30.3 Å². The Balaban J connectivity index is 2.44. The van der Waals surface area contributed by atoms with E-state index in [1.807, 2.05) is 52.8 Å². The first-order valence-corrected chi connectivity index (χ1v) is 7.57. The van der Waals surface area contributed by atoms with Crippen LogP contribution >= 0.6 is 0 Å². The van der Waals surface area contributed by atoms with Crippen LogP contribution in [0.1, 0.15) is 40.2 Å². The Bertz CT molecular complexity index is 426. The minimum absolute atomic E-state index is 0.0913. The van der Waals surface area contributed by atoms with E-state index in [2.05, 4.69) is 17.4 Å². The minimum Gasteiger partial charge on any atom is -0.444 e. The second kappa shape index (κ2) is 8.03. The van der Waals surface area contributed by atoms with Gasteiger partial charge in [0.15, 0.2) is 0 Å². The summed E-state index contributed by atoms with van der Waals surface area (Å²) in [5, 5.41) is 3.38. The number of carbonyl (C=O) groups excluding carboxylic acids is 1. The van der Waals surface area contributed by atoms with Gasteiger partial charge in [0.25, 0.3) is 0 Å². The fourth-order valence-electron chi connectivity index (χ4n) is 2.07. The number of benzene rings is 1. The molecule has 1 rings (SSSR count). The third-order valence-electron chi connectivity index (χ3n) is 3.11. The molecule has 0 saturated heterocycles. The van der Waals surface area contributed by atoms with E-state index >= 15 is 0 Å². The van der Waals surface area contributed by atoms with Gasteiger partial charge in [-0.1, -0.05) is 30.3 Å². The molecule has 0 aliphatic heterocycles. The highest BCUT2D eigenvalue weighted by atomic mass is 16.6. The van der Waals surface area contributed by atoms with Gasteiger partial charge >= 0.3 is 6.09 Å². The summed E-state index contributed by atoms with van der Waals surface area (Å²) in [7, 11) is 0. The first-order chi connectivity index (χ1) is 9.83. The zero-order chi connectivity index (χ0) is 15.9. The lowest BCUT2D eigenvalue weighted by atomic mass is 10.2. The third kappa shape index (κ3) is 6.63. The monoisotopic (exact) mass is 292 g/mol. The molecule has 1 atom stereocenters. The average Bonchev–Trinajstić information content (AvgIpc) is 2.38. The number of likely N-dealkylation sites (N-methyl/N-ethyl adjacent to an activating group) is 1. The third-order valence-corrected chi connectivity index (χ3v) is 3.11. The molecule has 0 saturated carbocycles. The average molecular weight is 292 g/mol. The van der Waals surface area contributed by atoms with Gasteiger partial charge in [0.05, 0.1) is 0 Å². The lowest BCUT2D eigenvalue weighted by Crippen LogP contribution is -2.46. The lowest BCUT2D eigenvalue weighted by Gasteiger charge is -2.31. The van der Waals surface area contributed by atoms with E-state index in [0.29, 0.717) is 6.54 Å². The number of hydrogen-bond acceptors (Lipinski definition) is 3. The van der Waals surface area contributed by atoms with Crippen molar-refractivity contribution in [2.75, 3.05) is 13.1 Å². The number of hydrogen-bond donors (Lipinski definition) is 1. The van der Waals surface area contributed by atoms with E-state index in [1.54, 1.807) is 4.90 Å². The maximum absolute atomic E-state index is 12.1. The number of rotatable bonds is 6. The summed E-state index contributed by atoms with van der Waals surface area (Å²) in [4.78, 5) is 13.9. The van der Waals surface area contributed by atoms with Crippen LogP contribution in [0, 0.1) is 0 Å². The Hall–Kier alpha value is -1.55. The van der Waals surface area contributed by atoms with Crippen LogP contribution in [-0.4, -0.2) is 35.7 Å². The normalized spacial score (nSPS) is 12.8. The van der Waals surface area contributed by atoms with Crippen molar-refractivity contribution in [2.45, 2.75) is 52.8 Å². The van der Waals surface area contributed by atoms with E-state index in [9.17, 15) is 4.79 Å². The van der Waals surface area contributed by atoms with Gasteiger partial charge in [0.2, 0.25) is 0 Å². The van der Waals surface area contributed by atoms with Gasteiger partial charge in [0.1, 0.15) is 5.60 Å². The molecule has 1 aromatic rings. The fraction of sp³-hybridized carbons (Fsp3) is 0.588. The smallest absolute Gasteiger partial charge is 0.410 e. The molecule has 0 unspecified atom stereocenters. The first-order valence-electron chi connectivity index (χ1n) is 7.57. The summed E-state index contributed by atoms with van der Waals surface area (Å²) in [6.45, 7) is 11.8. The Kier molecular flexibility index (Phi) is 6.69. The largest absolute Gasteiger partial charge is 0.444 e. The molecule has 0 fully saturated rings. The summed E-state index contributed by atoms with van der Waals surface area (Å²) < 4.78 is 5.44. The Morgan fingerprint density at radius 1 is 1.29 bits per heavy atom. The molecule has 0 aliphatic rings. The molecule has 0 bridgehead atoms. The molecule has 4 heteroatoms. The summed E-state index contributed by atoms with van der Waals surface area (Å²) in [6.07, 6.45) is -0.251. The molecule has 1 N–H and O–H groups in total. The summed E-state index contributed by atoms with van der Waals surface area (Å²) in [6, 6.07) is 10.3. The molecule has 0 heterocycles. The van der Waals surface area contributed by atoms with E-state index in [0.717, 1.165) is 13.1 Å². The van der Waals surface area contributed by atoms with E-state index in [4.69, 9.17) is 4.74 Å². The second-order valence-electron chi connectivity index (χ2n) is 6.23. The molecule has 0 aliphatic carbocycles. The van der Waals surface area contributed by atoms with E-state index in [-0.39, 0.29) is 12.1 Å². The van der Waals surface area contributed by atoms with Crippen LogP contribution in [0.4, 0.5) is 4.79 Å². The van der Waals surface area contributed by atoms with Crippen LogP contribution in [0.5, 0.6) is 0 Å². The second-order valence-corrected chi connectivity index (χ2v) is 6.23. The highest BCUT2D eigenvalue weighted by Crippen LogP contribution is 2.11. The highest BCUT2D eigenvalue weighted by molar-refractivity contribution is 5.68. The first kappa shape index (κ1) is 17.5. The van der Waals surface area contributed by atoms with Crippen molar-refractivity contribution >= 4 is 6.09 Å². The summed E-state index contributed by atoms with van der Waals surface area (Å²) in [5.74, 6) is 0. The minimum atomic E-state index is -0.457. The van der Waals surface area contributed by atoms with Crippen LogP contribution in [-0.2, 0) is 11.3 Å². The molecule has 0 aromatic heterocycles. The summed E-state index contributed by atoms with van der Waals surface area (Å²) in [5.41, 5.74) is 0.784. The van der Waals surface area contributed by atoms with Gasteiger partial charge in [-0.25, -0.2) is 4.79 Å². The molecular weight excluding hydrogens is 264 g/mol. The quantitative estimate of drug-likeness (QED) is 0.873. The zero-order valence-corrected chi connectivity index (χ0v) is 13.8. The van der Waals surface area contributed by atoms with Crippen LogP contribution < -0.4 is 5.32 Å². The van der Waals surface area contributed by atoms with Crippen LogP contribution in [0.3, 0.4) is 0 Å². The fourth-order valence-corrected chi connectivity index (χ4v) is 2.07. The Labute approximate surface area is 128 Å². The standard InChI is InChI=1S/C17H28N2O2/c1-6-19(16(20)21-17(3,4)5)14(2)12-18-13-15-10-8-7-9-11-15/h7-11,14,18H,6,12-13H2,1-5H3/t14-/m0/s1. The van der Waals surface area contributed by atoms with Gasteiger partial charge in [-0.05, 0) is 40.2 Å². The van der Waals surface area contributed by atoms with Crippen molar-refractivity contribution in [1.82, 2.24) is 10.2 Å². The molecule has 4 nitrogen and oxygen atoms in total. The van der Waals surface area contributed by atoms with Crippen molar-refractivity contribution in [3.05, 3.63) is 35.9 Å². The summed E-state index contributed by atoms with van der Waals surface area (Å²) >= 11 is 0. The Morgan fingerprint density at radius 3 is 2.43 bits per heavy atom. The molecule has 118 valence electrons. The van der Waals surface area contributed by atoms with E-state index in [1.165, 1.54) is 5.56 Å². The van der Waals surface area contributed by atoms with Gasteiger partial charge in [-0.2, -0.15) is 0 Å². The maximum Gasteiger partial charge on any atom is 0.410 e. The lowest BCUT2D eigenvalue weighted by molar-refractivity contribution is 0.0188. The van der Waals surface area contributed by atoms with Crippen molar-refractivity contribution < 1.29 is 9.53 Å². The van der Waals surface area contributed by atoms with Crippen LogP contribution in [0.2, 0.25) is 0 Å². The maximum atomic E-state index is 12.1. The van der Waals surface area contributed by atoms with Crippen molar-refractivity contribution in [3.63, 3.8) is 0 Å². The number of amides is 1. The number of nitrogens with one attached hydrogen (secondary N) is 1. The Morgan fingerprint density at radius 2 is 1.90 bits per heavy atom. The molecular formula is C17H28N2O2. The number of carbonyl (C=O) groups is 1. The molecule has 0 radical (unpaired) electrons. The van der Waals surface area contributed by atoms with E-state index < -0.39 is 5.60 Å². The van der Waals surface area contributed by atoms with Crippen molar-refractivity contribution in [1.29, 1.82) is 0 Å². The zero-order valence-electron chi connectivity index (χ0n) is 13.8. The SMILES string of the molecule is CCN(C(=O)OC(C)(C)C)[C@@H](C)CNCc1ccccc1. The molecule has 1 amide bonds. The predicted molar refractivity (Wildman–Crippen MR) is 86.2 cm³/mol. The number of ether oxygens (including phenoxy) is 1.